The number of ether oxygens (including phenoxy) is 1. The summed E-state index contributed by atoms with van der Waals surface area (Å²) in [5.74, 6) is 1.59. The first-order valence-corrected chi connectivity index (χ1v) is 8.91. The number of guanidine groups is 1. The lowest BCUT2D eigenvalue weighted by Crippen LogP contribution is -2.41. The van der Waals surface area contributed by atoms with Crippen molar-refractivity contribution in [3.05, 3.63) is 29.8 Å². The Morgan fingerprint density at radius 2 is 1.96 bits per heavy atom. The highest BCUT2D eigenvalue weighted by Crippen LogP contribution is 2.28. The van der Waals surface area contributed by atoms with Crippen LogP contribution in [-0.2, 0) is 0 Å². The standard InChI is InChI=1S/C19H30N4O2.HI/c1-5-20-18(23-13-10-19(2,3)14-23)22-12-11-21-17(24)15-6-8-16(25-4)9-7-15;/h6-9H,5,10-14H2,1-4H3,(H,20,22)(H,21,24);1H. The van der Waals surface area contributed by atoms with E-state index in [1.54, 1.807) is 31.4 Å². The molecule has 0 spiro atoms. The van der Waals surface area contributed by atoms with E-state index in [1.165, 1.54) is 6.42 Å². The third-order valence-corrected chi connectivity index (χ3v) is 4.32. The van der Waals surface area contributed by atoms with Crippen molar-refractivity contribution >= 4 is 35.8 Å². The molecule has 0 bridgehead atoms. The van der Waals surface area contributed by atoms with Gasteiger partial charge >= 0.3 is 0 Å². The first kappa shape index (κ1) is 22.5. The highest BCUT2D eigenvalue weighted by molar-refractivity contribution is 14.0. The van der Waals surface area contributed by atoms with Gasteiger partial charge in [-0.25, -0.2) is 0 Å². The molecular formula is C19H31IN4O2. The molecule has 2 N–H and O–H groups in total. The first-order chi connectivity index (χ1) is 11.9. The van der Waals surface area contributed by atoms with Gasteiger partial charge in [0.05, 0.1) is 13.7 Å². The fourth-order valence-corrected chi connectivity index (χ4v) is 2.89. The predicted octanol–water partition coefficient (Wildman–Crippen LogP) is 2.74. The van der Waals surface area contributed by atoms with Gasteiger partial charge in [-0.15, -0.1) is 24.0 Å². The molecule has 1 fully saturated rings. The summed E-state index contributed by atoms with van der Waals surface area (Å²) in [6.45, 7) is 10.6. The Morgan fingerprint density at radius 1 is 1.27 bits per heavy atom. The molecule has 1 heterocycles. The largest absolute Gasteiger partial charge is 0.497 e. The minimum Gasteiger partial charge on any atom is -0.497 e. The molecule has 1 saturated heterocycles. The lowest BCUT2D eigenvalue weighted by molar-refractivity contribution is 0.0954. The normalized spacial score (nSPS) is 16.0. The maximum atomic E-state index is 12.1. The highest BCUT2D eigenvalue weighted by atomic mass is 127. The molecule has 0 unspecified atom stereocenters. The van der Waals surface area contributed by atoms with Crippen molar-refractivity contribution in [2.24, 2.45) is 10.4 Å². The number of carbonyl (C=O) groups is 1. The summed E-state index contributed by atoms with van der Waals surface area (Å²) in [4.78, 5) is 19.1. The van der Waals surface area contributed by atoms with Crippen LogP contribution in [-0.4, -0.2) is 56.6 Å². The number of methoxy groups -OCH3 is 1. The molecule has 1 aromatic rings. The van der Waals surface area contributed by atoms with Crippen molar-refractivity contribution in [3.63, 3.8) is 0 Å². The molecule has 1 amide bonds. The number of nitrogens with one attached hydrogen (secondary N) is 2. The smallest absolute Gasteiger partial charge is 0.251 e. The van der Waals surface area contributed by atoms with Crippen molar-refractivity contribution < 1.29 is 9.53 Å². The van der Waals surface area contributed by atoms with Gasteiger partial charge < -0.3 is 20.3 Å². The van der Waals surface area contributed by atoms with Gasteiger partial charge in [-0.1, -0.05) is 13.8 Å². The second-order valence-electron chi connectivity index (χ2n) is 7.06. The van der Waals surface area contributed by atoms with Gasteiger partial charge in [-0.3, -0.25) is 9.79 Å². The molecule has 1 aliphatic heterocycles. The summed E-state index contributed by atoms with van der Waals surface area (Å²) in [6.07, 6.45) is 1.17. The van der Waals surface area contributed by atoms with Crippen LogP contribution in [0.2, 0.25) is 0 Å². The van der Waals surface area contributed by atoms with E-state index in [-0.39, 0.29) is 29.9 Å². The number of carbonyl (C=O) groups excluding carboxylic acids is 1. The Bertz CT molecular complexity index is 602. The van der Waals surface area contributed by atoms with Gasteiger partial charge in [-0.05, 0) is 43.0 Å². The SMILES string of the molecule is CCNC(=NCCNC(=O)c1ccc(OC)cc1)N1CCC(C)(C)C1.I. The number of aliphatic imine (C=N–C) groups is 1. The zero-order valence-electron chi connectivity index (χ0n) is 16.2. The van der Waals surface area contributed by atoms with E-state index in [0.29, 0.717) is 24.1 Å². The third kappa shape index (κ3) is 6.66. The fourth-order valence-electron chi connectivity index (χ4n) is 2.89. The molecule has 0 saturated carbocycles. The number of likely N-dealkylation sites (tertiary alicyclic amines) is 1. The van der Waals surface area contributed by atoms with Crippen LogP contribution < -0.4 is 15.4 Å². The Morgan fingerprint density at radius 3 is 2.50 bits per heavy atom. The minimum absolute atomic E-state index is 0. The molecule has 0 radical (unpaired) electrons. The quantitative estimate of drug-likeness (QED) is 0.288. The van der Waals surface area contributed by atoms with Crippen LogP contribution in [0.4, 0.5) is 0 Å². The molecule has 146 valence electrons. The van der Waals surface area contributed by atoms with Crippen molar-refractivity contribution in [2.75, 3.05) is 39.8 Å². The Kier molecular flexibility index (Phi) is 9.18. The van der Waals surface area contributed by atoms with E-state index in [2.05, 4.69) is 41.3 Å². The average molecular weight is 474 g/mol. The Balaban J connectivity index is 0.00000338. The Hall–Kier alpha value is -1.51. The predicted molar refractivity (Wildman–Crippen MR) is 117 cm³/mol. The maximum Gasteiger partial charge on any atom is 0.251 e. The van der Waals surface area contributed by atoms with E-state index in [9.17, 15) is 4.79 Å². The monoisotopic (exact) mass is 474 g/mol. The molecule has 7 heteroatoms. The van der Waals surface area contributed by atoms with E-state index in [0.717, 1.165) is 31.3 Å². The number of amides is 1. The minimum atomic E-state index is -0.0924. The third-order valence-electron chi connectivity index (χ3n) is 4.32. The summed E-state index contributed by atoms with van der Waals surface area (Å²) in [5, 5.41) is 6.25. The van der Waals surface area contributed by atoms with Crippen molar-refractivity contribution in [1.82, 2.24) is 15.5 Å². The number of halogens is 1. The summed E-state index contributed by atoms with van der Waals surface area (Å²) >= 11 is 0. The first-order valence-electron chi connectivity index (χ1n) is 8.91. The molecule has 26 heavy (non-hydrogen) atoms. The Labute approximate surface area is 173 Å². The average Bonchev–Trinajstić information content (AvgIpc) is 2.97. The van der Waals surface area contributed by atoms with Gasteiger partial charge in [0.2, 0.25) is 0 Å². The molecule has 1 aromatic carbocycles. The van der Waals surface area contributed by atoms with Crippen LogP contribution >= 0.6 is 24.0 Å². The van der Waals surface area contributed by atoms with Crippen molar-refractivity contribution in [1.29, 1.82) is 0 Å². The number of rotatable bonds is 6. The number of hydrogen-bond donors (Lipinski definition) is 2. The van der Waals surface area contributed by atoms with Crippen LogP contribution in [0, 0.1) is 5.41 Å². The number of nitrogens with zero attached hydrogens (tertiary/aromatic N) is 2. The molecule has 0 aliphatic carbocycles. The van der Waals surface area contributed by atoms with Crippen LogP contribution in [0.1, 0.15) is 37.6 Å². The van der Waals surface area contributed by atoms with E-state index in [4.69, 9.17) is 4.74 Å². The van der Waals surface area contributed by atoms with Crippen LogP contribution in [0.15, 0.2) is 29.3 Å². The van der Waals surface area contributed by atoms with Crippen molar-refractivity contribution in [3.8, 4) is 5.75 Å². The maximum absolute atomic E-state index is 12.1. The zero-order chi connectivity index (χ0) is 18.3. The van der Waals surface area contributed by atoms with Crippen LogP contribution in [0.5, 0.6) is 5.75 Å². The van der Waals surface area contributed by atoms with E-state index < -0.39 is 0 Å². The molecule has 6 nitrogen and oxygen atoms in total. The summed E-state index contributed by atoms with van der Waals surface area (Å²) in [6, 6.07) is 7.08. The molecular weight excluding hydrogens is 443 g/mol. The van der Waals surface area contributed by atoms with Crippen LogP contribution in [0.3, 0.4) is 0 Å². The molecule has 0 aromatic heterocycles. The van der Waals surface area contributed by atoms with Gasteiger partial charge in [0.15, 0.2) is 5.96 Å². The van der Waals surface area contributed by atoms with Gasteiger partial charge in [-0.2, -0.15) is 0 Å². The topological polar surface area (TPSA) is 66.0 Å². The lowest BCUT2D eigenvalue weighted by Gasteiger charge is -2.23. The fraction of sp³-hybridized carbons (Fsp3) is 0.579. The zero-order valence-corrected chi connectivity index (χ0v) is 18.5. The van der Waals surface area contributed by atoms with E-state index >= 15 is 0 Å². The second-order valence-corrected chi connectivity index (χ2v) is 7.06. The number of benzene rings is 1. The molecule has 2 rings (SSSR count). The highest BCUT2D eigenvalue weighted by Gasteiger charge is 2.30. The van der Waals surface area contributed by atoms with Gasteiger partial charge in [0, 0.05) is 31.7 Å². The summed E-state index contributed by atoms with van der Waals surface area (Å²) < 4.78 is 5.10. The lowest BCUT2D eigenvalue weighted by atomic mass is 9.93. The van der Waals surface area contributed by atoms with Crippen LogP contribution in [0.25, 0.3) is 0 Å². The summed E-state index contributed by atoms with van der Waals surface area (Å²) in [5.41, 5.74) is 0.955. The van der Waals surface area contributed by atoms with Gasteiger partial charge in [0.25, 0.3) is 5.91 Å². The summed E-state index contributed by atoms with van der Waals surface area (Å²) in [7, 11) is 1.61. The molecule has 0 atom stereocenters. The second kappa shape index (κ2) is 10.6. The molecule has 1 aliphatic rings. The van der Waals surface area contributed by atoms with E-state index in [1.807, 2.05) is 0 Å². The van der Waals surface area contributed by atoms with Gasteiger partial charge in [0.1, 0.15) is 5.75 Å². The number of hydrogen-bond acceptors (Lipinski definition) is 3. The van der Waals surface area contributed by atoms with Crippen molar-refractivity contribution in [2.45, 2.75) is 27.2 Å².